The van der Waals surface area contributed by atoms with E-state index in [2.05, 4.69) is 0 Å². The SMILES string of the molecule is O=C(O)C(O)[C@H]1OCCN(c2cccc(OCc3ccccc3)c2)C1=O. The number of hydrogen-bond donors (Lipinski definition) is 2. The Hall–Kier alpha value is -2.90. The summed E-state index contributed by atoms with van der Waals surface area (Å²) in [4.78, 5) is 24.8. The Morgan fingerprint density at radius 1 is 1.23 bits per heavy atom. The summed E-state index contributed by atoms with van der Waals surface area (Å²) in [6.07, 6.45) is -3.32. The van der Waals surface area contributed by atoms with Gasteiger partial charge in [-0.05, 0) is 17.7 Å². The first-order valence-electron chi connectivity index (χ1n) is 8.17. The Balaban J connectivity index is 1.72. The highest BCUT2D eigenvalue weighted by atomic mass is 16.5. The first-order valence-corrected chi connectivity index (χ1v) is 8.17. The van der Waals surface area contributed by atoms with Crippen LogP contribution in [0.25, 0.3) is 0 Å². The number of carboxylic acid groups (broad SMARTS) is 1. The number of carbonyl (C=O) groups is 2. The summed E-state index contributed by atoms with van der Waals surface area (Å²) >= 11 is 0. The van der Waals surface area contributed by atoms with Crippen LogP contribution in [0.3, 0.4) is 0 Å². The van der Waals surface area contributed by atoms with Crippen molar-refractivity contribution in [3.63, 3.8) is 0 Å². The molecule has 2 N–H and O–H groups in total. The van der Waals surface area contributed by atoms with Crippen LogP contribution >= 0.6 is 0 Å². The standard InChI is InChI=1S/C19H19NO6/c21-16(19(23)24)17-18(22)20(9-10-25-17)14-7-4-8-15(11-14)26-12-13-5-2-1-3-6-13/h1-8,11,16-17,21H,9-10,12H2,(H,23,24)/t16?,17-/m1/s1. The van der Waals surface area contributed by atoms with E-state index in [1.54, 1.807) is 24.3 Å². The van der Waals surface area contributed by atoms with Gasteiger partial charge in [0, 0.05) is 18.3 Å². The molecule has 1 aliphatic heterocycles. The first-order chi connectivity index (χ1) is 12.6. The smallest absolute Gasteiger partial charge is 0.335 e. The van der Waals surface area contributed by atoms with Crippen molar-refractivity contribution < 1.29 is 29.3 Å². The number of morpholine rings is 1. The zero-order chi connectivity index (χ0) is 18.5. The predicted molar refractivity (Wildman–Crippen MR) is 93.0 cm³/mol. The van der Waals surface area contributed by atoms with Crippen molar-refractivity contribution in [1.29, 1.82) is 0 Å². The van der Waals surface area contributed by atoms with E-state index in [1.165, 1.54) is 4.90 Å². The second kappa shape index (κ2) is 7.99. The van der Waals surface area contributed by atoms with Crippen molar-refractivity contribution in [3.8, 4) is 5.75 Å². The Bertz CT molecular complexity index is 779. The molecule has 0 radical (unpaired) electrons. The minimum absolute atomic E-state index is 0.135. The number of ether oxygens (including phenoxy) is 2. The molecular formula is C19H19NO6. The summed E-state index contributed by atoms with van der Waals surface area (Å²) < 4.78 is 10.9. The van der Waals surface area contributed by atoms with E-state index >= 15 is 0 Å². The van der Waals surface area contributed by atoms with Gasteiger partial charge in [-0.25, -0.2) is 4.79 Å². The monoisotopic (exact) mass is 357 g/mol. The largest absolute Gasteiger partial charge is 0.489 e. The molecule has 3 rings (SSSR count). The summed E-state index contributed by atoms with van der Waals surface area (Å²) in [7, 11) is 0. The molecule has 136 valence electrons. The number of anilines is 1. The number of aliphatic carboxylic acids is 1. The molecule has 1 unspecified atom stereocenters. The van der Waals surface area contributed by atoms with Crippen LogP contribution < -0.4 is 9.64 Å². The quantitative estimate of drug-likeness (QED) is 0.812. The average Bonchev–Trinajstić information content (AvgIpc) is 2.67. The molecule has 2 atom stereocenters. The maximum Gasteiger partial charge on any atom is 0.335 e. The van der Waals surface area contributed by atoms with Gasteiger partial charge >= 0.3 is 5.97 Å². The Labute approximate surface area is 150 Å². The summed E-state index contributed by atoms with van der Waals surface area (Å²) in [6, 6.07) is 16.6. The molecule has 0 spiro atoms. The fourth-order valence-corrected chi connectivity index (χ4v) is 2.70. The van der Waals surface area contributed by atoms with Crippen LogP contribution in [0.4, 0.5) is 5.69 Å². The summed E-state index contributed by atoms with van der Waals surface area (Å²) in [6.45, 7) is 0.793. The number of carboxylic acids is 1. The second-order valence-electron chi connectivity index (χ2n) is 5.84. The Morgan fingerprint density at radius 3 is 2.73 bits per heavy atom. The minimum Gasteiger partial charge on any atom is -0.489 e. The van der Waals surface area contributed by atoms with E-state index in [9.17, 15) is 14.7 Å². The van der Waals surface area contributed by atoms with Gasteiger partial charge in [-0.15, -0.1) is 0 Å². The molecule has 1 heterocycles. The van der Waals surface area contributed by atoms with Gasteiger partial charge in [0.25, 0.3) is 5.91 Å². The molecule has 1 fully saturated rings. The van der Waals surface area contributed by atoms with Crippen LogP contribution in [0.5, 0.6) is 5.75 Å². The molecule has 7 heteroatoms. The number of nitrogens with zero attached hydrogens (tertiary/aromatic N) is 1. The number of hydrogen-bond acceptors (Lipinski definition) is 5. The van der Waals surface area contributed by atoms with Crippen molar-refractivity contribution >= 4 is 17.6 Å². The molecule has 26 heavy (non-hydrogen) atoms. The number of rotatable bonds is 6. The highest BCUT2D eigenvalue weighted by Crippen LogP contribution is 2.25. The fraction of sp³-hybridized carbons (Fsp3) is 0.263. The lowest BCUT2D eigenvalue weighted by molar-refractivity contribution is -0.163. The first kappa shape index (κ1) is 17.9. The second-order valence-corrected chi connectivity index (χ2v) is 5.84. The van der Waals surface area contributed by atoms with E-state index < -0.39 is 24.1 Å². The van der Waals surface area contributed by atoms with E-state index in [1.807, 2.05) is 30.3 Å². The topological polar surface area (TPSA) is 96.3 Å². The lowest BCUT2D eigenvalue weighted by atomic mass is 10.1. The van der Waals surface area contributed by atoms with Gasteiger partial charge < -0.3 is 24.6 Å². The normalized spacial score (nSPS) is 18.4. The molecule has 0 aliphatic carbocycles. The van der Waals surface area contributed by atoms with Crippen LogP contribution in [-0.2, 0) is 20.9 Å². The van der Waals surface area contributed by atoms with Gasteiger partial charge in [-0.3, -0.25) is 4.79 Å². The molecule has 1 amide bonds. The zero-order valence-corrected chi connectivity index (χ0v) is 13.9. The summed E-state index contributed by atoms with van der Waals surface area (Å²) in [5.41, 5.74) is 1.58. The van der Waals surface area contributed by atoms with Gasteiger partial charge in [0.1, 0.15) is 12.4 Å². The summed E-state index contributed by atoms with van der Waals surface area (Å²) in [5, 5.41) is 18.6. The van der Waals surface area contributed by atoms with Crippen LogP contribution in [-0.4, -0.2) is 47.4 Å². The number of carbonyl (C=O) groups excluding carboxylic acids is 1. The van der Waals surface area contributed by atoms with Crippen molar-refractivity contribution in [2.24, 2.45) is 0 Å². The van der Waals surface area contributed by atoms with Crippen molar-refractivity contribution in [2.45, 2.75) is 18.8 Å². The zero-order valence-electron chi connectivity index (χ0n) is 13.9. The molecule has 0 aromatic heterocycles. The van der Waals surface area contributed by atoms with E-state index in [0.29, 0.717) is 18.0 Å². The van der Waals surface area contributed by atoms with Gasteiger partial charge in [0.15, 0.2) is 12.2 Å². The lowest BCUT2D eigenvalue weighted by Crippen LogP contribution is -2.54. The minimum atomic E-state index is -1.90. The predicted octanol–water partition coefficient (Wildman–Crippen LogP) is 1.44. The lowest BCUT2D eigenvalue weighted by Gasteiger charge is -2.33. The van der Waals surface area contributed by atoms with Crippen LogP contribution in [0, 0.1) is 0 Å². The molecule has 0 bridgehead atoms. The number of amides is 1. The van der Waals surface area contributed by atoms with E-state index in [0.717, 1.165) is 5.56 Å². The van der Waals surface area contributed by atoms with Crippen molar-refractivity contribution in [1.82, 2.24) is 0 Å². The van der Waals surface area contributed by atoms with Crippen molar-refractivity contribution in [3.05, 3.63) is 60.2 Å². The van der Waals surface area contributed by atoms with Gasteiger partial charge in [0.05, 0.1) is 6.61 Å². The Morgan fingerprint density at radius 2 is 2.00 bits per heavy atom. The van der Waals surface area contributed by atoms with Crippen LogP contribution in [0.15, 0.2) is 54.6 Å². The average molecular weight is 357 g/mol. The van der Waals surface area contributed by atoms with Gasteiger partial charge in [-0.1, -0.05) is 36.4 Å². The van der Waals surface area contributed by atoms with Gasteiger partial charge in [0.2, 0.25) is 0 Å². The highest BCUT2D eigenvalue weighted by molar-refractivity contribution is 6.00. The molecule has 2 aromatic rings. The van der Waals surface area contributed by atoms with E-state index in [-0.39, 0.29) is 13.2 Å². The highest BCUT2D eigenvalue weighted by Gasteiger charge is 2.39. The van der Waals surface area contributed by atoms with Gasteiger partial charge in [-0.2, -0.15) is 0 Å². The molecule has 2 aromatic carbocycles. The van der Waals surface area contributed by atoms with Crippen LogP contribution in [0.2, 0.25) is 0 Å². The Kier molecular flexibility index (Phi) is 5.50. The summed E-state index contributed by atoms with van der Waals surface area (Å²) in [5.74, 6) is -1.50. The maximum absolute atomic E-state index is 12.5. The third-order valence-corrected chi connectivity index (χ3v) is 4.04. The molecular weight excluding hydrogens is 338 g/mol. The van der Waals surface area contributed by atoms with Crippen molar-refractivity contribution in [2.75, 3.05) is 18.1 Å². The molecule has 1 saturated heterocycles. The number of aliphatic hydroxyl groups excluding tert-OH is 1. The van der Waals surface area contributed by atoms with E-state index in [4.69, 9.17) is 14.6 Å². The molecule has 1 aliphatic rings. The van der Waals surface area contributed by atoms with Crippen LogP contribution in [0.1, 0.15) is 5.56 Å². The third-order valence-electron chi connectivity index (χ3n) is 4.04. The number of benzene rings is 2. The number of aliphatic hydroxyl groups is 1. The third kappa shape index (κ3) is 4.01. The maximum atomic E-state index is 12.5. The molecule has 0 saturated carbocycles. The fourth-order valence-electron chi connectivity index (χ4n) is 2.70. The molecule has 7 nitrogen and oxygen atoms in total.